The molecule has 0 aromatic carbocycles. The summed E-state index contributed by atoms with van der Waals surface area (Å²) < 4.78 is 0.887. The molecule has 4 nitrogen and oxygen atoms in total. The number of hydrogen-bond acceptors (Lipinski definition) is 3. The number of H-pyrrole nitrogens is 1. The second-order valence-corrected chi connectivity index (χ2v) is 6.91. The van der Waals surface area contributed by atoms with Gasteiger partial charge in [-0.1, -0.05) is 19.8 Å². The summed E-state index contributed by atoms with van der Waals surface area (Å²) in [5.74, 6) is 1.72. The van der Waals surface area contributed by atoms with Crippen LogP contribution < -0.4 is 0 Å². The number of aromatic amines is 1. The highest BCUT2D eigenvalue weighted by Crippen LogP contribution is 2.33. The van der Waals surface area contributed by atoms with E-state index >= 15 is 0 Å². The zero-order valence-corrected chi connectivity index (χ0v) is 11.9. The molecule has 1 aliphatic carbocycles. The highest BCUT2D eigenvalue weighted by Gasteiger charge is 2.24. The Hall–Kier alpha value is -0.550. The van der Waals surface area contributed by atoms with Crippen LogP contribution in [-0.2, 0) is 0 Å². The van der Waals surface area contributed by atoms with Crippen molar-refractivity contribution >= 4 is 11.9 Å². The zero-order valence-electron chi connectivity index (χ0n) is 11.1. The van der Waals surface area contributed by atoms with E-state index in [0.717, 1.165) is 21.4 Å². The fraction of sp³-hybridized carbons (Fsp3) is 0.833. The first-order valence-electron chi connectivity index (χ1n) is 6.55. The Morgan fingerprint density at radius 2 is 2.06 bits per heavy atom. The van der Waals surface area contributed by atoms with Crippen LogP contribution in [0.15, 0.2) is 5.16 Å². The Bertz CT molecular complexity index is 355. The van der Waals surface area contributed by atoms with Crippen molar-refractivity contribution in [3.63, 3.8) is 0 Å². The van der Waals surface area contributed by atoms with Gasteiger partial charge in [-0.3, -0.25) is 8.99 Å². The Morgan fingerprint density at radius 1 is 1.35 bits per heavy atom. The van der Waals surface area contributed by atoms with Crippen molar-refractivity contribution < 1.29 is 3.89 Å². The van der Waals surface area contributed by atoms with Crippen LogP contribution in [0, 0.1) is 0 Å². The van der Waals surface area contributed by atoms with Gasteiger partial charge in [0.25, 0.3) is 5.16 Å². The summed E-state index contributed by atoms with van der Waals surface area (Å²) in [6.07, 6.45) is 6.40. The molecule has 5 heteroatoms. The number of rotatable bonds is 5. The summed E-state index contributed by atoms with van der Waals surface area (Å²) in [4.78, 5) is 4.64. The minimum Gasteiger partial charge on any atom is -0.262 e. The Kier molecular flexibility index (Phi) is 4.09. The lowest BCUT2D eigenvalue weighted by molar-refractivity contribution is -0.751. The molecular formula is C12H23N4S+. The second-order valence-electron chi connectivity index (χ2n) is 5.37. The van der Waals surface area contributed by atoms with Crippen LogP contribution in [0.1, 0.15) is 50.8 Å². The van der Waals surface area contributed by atoms with Gasteiger partial charge in [-0.25, -0.2) is 4.98 Å². The number of aromatic nitrogens is 3. The standard InChI is InChI=1S/C12H23N4S/c1-4-9-16(2,3)17-12-13-11(14-15-12)10-7-5-6-8-10/h10H,4-9H2,1-3H3,(H,13,14,15)/q+1. The molecule has 0 atom stereocenters. The van der Waals surface area contributed by atoms with Gasteiger partial charge in [0.1, 0.15) is 5.82 Å². The Morgan fingerprint density at radius 3 is 2.71 bits per heavy atom. The zero-order chi connectivity index (χ0) is 12.3. The fourth-order valence-corrected chi connectivity index (χ4v) is 3.43. The smallest absolute Gasteiger partial charge is 0.262 e. The number of hydrogen-bond donors (Lipinski definition) is 1. The van der Waals surface area contributed by atoms with Crippen LogP contribution in [-0.4, -0.2) is 39.7 Å². The molecule has 0 aliphatic heterocycles. The van der Waals surface area contributed by atoms with E-state index < -0.39 is 0 Å². The molecule has 1 fully saturated rings. The van der Waals surface area contributed by atoms with Gasteiger partial charge in [-0.05, 0) is 19.3 Å². The van der Waals surface area contributed by atoms with E-state index in [1.165, 1.54) is 32.1 Å². The highest BCUT2D eigenvalue weighted by molar-refractivity contribution is 7.93. The van der Waals surface area contributed by atoms with Crippen molar-refractivity contribution in [3.8, 4) is 0 Å². The molecule has 17 heavy (non-hydrogen) atoms. The number of nitrogens with one attached hydrogen (secondary N) is 1. The molecule has 1 aromatic heterocycles. The topological polar surface area (TPSA) is 41.6 Å². The molecule has 2 rings (SSSR count). The van der Waals surface area contributed by atoms with Crippen molar-refractivity contribution in [1.29, 1.82) is 0 Å². The number of quaternary nitrogens is 1. The van der Waals surface area contributed by atoms with E-state index in [1.807, 2.05) is 0 Å². The first-order valence-corrected chi connectivity index (χ1v) is 7.33. The fourth-order valence-electron chi connectivity index (χ4n) is 2.49. The lowest BCUT2D eigenvalue weighted by atomic mass is 10.1. The molecule has 0 radical (unpaired) electrons. The van der Waals surface area contributed by atoms with Crippen LogP contribution in [0.25, 0.3) is 0 Å². The van der Waals surface area contributed by atoms with Gasteiger partial charge in [0.2, 0.25) is 0 Å². The van der Waals surface area contributed by atoms with Gasteiger partial charge in [0, 0.05) is 5.92 Å². The largest absolute Gasteiger partial charge is 0.266 e. The third-order valence-electron chi connectivity index (χ3n) is 3.31. The first kappa shape index (κ1) is 12.9. The predicted molar refractivity (Wildman–Crippen MR) is 70.7 cm³/mol. The van der Waals surface area contributed by atoms with Gasteiger partial charge in [-0.15, -0.1) is 5.10 Å². The minimum atomic E-state index is 0.624. The average Bonchev–Trinajstić information content (AvgIpc) is 2.85. The number of nitrogens with zero attached hydrogens (tertiary/aromatic N) is 3. The third kappa shape index (κ3) is 3.45. The summed E-state index contributed by atoms with van der Waals surface area (Å²) in [7, 11) is 4.42. The van der Waals surface area contributed by atoms with E-state index in [0.29, 0.717) is 5.92 Å². The maximum absolute atomic E-state index is 4.64. The van der Waals surface area contributed by atoms with E-state index in [1.54, 1.807) is 11.9 Å². The quantitative estimate of drug-likeness (QED) is 0.649. The molecule has 0 spiro atoms. The normalized spacial score (nSPS) is 17.8. The second kappa shape index (κ2) is 5.40. The van der Waals surface area contributed by atoms with E-state index in [9.17, 15) is 0 Å². The molecule has 96 valence electrons. The van der Waals surface area contributed by atoms with Crippen LogP contribution in [0.3, 0.4) is 0 Å². The molecule has 1 N–H and O–H groups in total. The van der Waals surface area contributed by atoms with Gasteiger partial charge in [-0.2, -0.15) is 0 Å². The van der Waals surface area contributed by atoms with Crippen molar-refractivity contribution in [2.75, 3.05) is 20.6 Å². The molecule has 1 aromatic rings. The highest BCUT2D eigenvalue weighted by atomic mass is 32.2. The monoisotopic (exact) mass is 255 g/mol. The molecule has 1 heterocycles. The van der Waals surface area contributed by atoms with Crippen LogP contribution in [0.5, 0.6) is 0 Å². The lowest BCUT2D eigenvalue weighted by Gasteiger charge is -2.24. The Labute approximate surface area is 108 Å². The van der Waals surface area contributed by atoms with Gasteiger partial charge in [0.05, 0.1) is 20.6 Å². The SMILES string of the molecule is CCC[N+](C)(C)Sc1n[nH]c(C2CCCC2)n1. The predicted octanol–water partition coefficient (Wildman–Crippen LogP) is 2.96. The first-order chi connectivity index (χ1) is 8.11. The summed E-state index contributed by atoms with van der Waals surface area (Å²) >= 11 is 1.73. The van der Waals surface area contributed by atoms with Crippen LogP contribution in [0.2, 0.25) is 0 Å². The summed E-state index contributed by atoms with van der Waals surface area (Å²) in [5.41, 5.74) is 0. The van der Waals surface area contributed by atoms with Crippen molar-refractivity contribution in [3.05, 3.63) is 5.82 Å². The maximum atomic E-state index is 4.64. The summed E-state index contributed by atoms with van der Waals surface area (Å²) in [6, 6.07) is 0. The van der Waals surface area contributed by atoms with Crippen LogP contribution in [0.4, 0.5) is 0 Å². The molecular weight excluding hydrogens is 232 g/mol. The minimum absolute atomic E-state index is 0.624. The van der Waals surface area contributed by atoms with Crippen molar-refractivity contribution in [2.24, 2.45) is 0 Å². The average molecular weight is 255 g/mol. The summed E-state index contributed by atoms with van der Waals surface area (Å²) in [6.45, 7) is 3.35. The van der Waals surface area contributed by atoms with Gasteiger partial charge >= 0.3 is 0 Å². The van der Waals surface area contributed by atoms with Gasteiger partial charge < -0.3 is 0 Å². The van der Waals surface area contributed by atoms with Gasteiger partial charge in [0.15, 0.2) is 11.9 Å². The summed E-state index contributed by atoms with van der Waals surface area (Å²) in [5, 5.41) is 8.35. The molecule has 0 saturated heterocycles. The maximum Gasteiger partial charge on any atom is 0.266 e. The molecule has 0 bridgehead atoms. The van der Waals surface area contributed by atoms with Crippen molar-refractivity contribution in [2.45, 2.75) is 50.1 Å². The molecule has 1 aliphatic rings. The van der Waals surface area contributed by atoms with E-state index in [4.69, 9.17) is 0 Å². The lowest BCUT2D eigenvalue weighted by Crippen LogP contribution is -2.32. The molecule has 0 unspecified atom stereocenters. The van der Waals surface area contributed by atoms with E-state index in [2.05, 4.69) is 36.2 Å². The molecule has 1 saturated carbocycles. The molecule has 0 amide bonds. The Balaban J connectivity index is 1.98. The van der Waals surface area contributed by atoms with Crippen LogP contribution >= 0.6 is 11.9 Å². The van der Waals surface area contributed by atoms with Crippen molar-refractivity contribution in [1.82, 2.24) is 15.2 Å². The van der Waals surface area contributed by atoms with E-state index in [-0.39, 0.29) is 0 Å². The third-order valence-corrected chi connectivity index (χ3v) is 4.34.